The second kappa shape index (κ2) is 6.45. The lowest BCUT2D eigenvalue weighted by Gasteiger charge is -2.09. The first-order valence-electron chi connectivity index (χ1n) is 5.81. The molecule has 0 aliphatic heterocycles. The third kappa shape index (κ3) is 3.63. The molecule has 0 amide bonds. The highest BCUT2D eigenvalue weighted by molar-refractivity contribution is 9.10. The van der Waals surface area contributed by atoms with Gasteiger partial charge in [0.05, 0.1) is 4.92 Å². The van der Waals surface area contributed by atoms with Crippen molar-refractivity contribution in [3.8, 4) is 5.75 Å². The van der Waals surface area contributed by atoms with Gasteiger partial charge < -0.3 is 4.74 Å². The van der Waals surface area contributed by atoms with E-state index in [1.54, 1.807) is 0 Å². The quantitative estimate of drug-likeness (QED) is 0.464. The number of nitro groups is 1. The van der Waals surface area contributed by atoms with E-state index < -0.39 is 10.7 Å². The van der Waals surface area contributed by atoms with Crippen molar-refractivity contribution in [2.45, 2.75) is 6.61 Å². The van der Waals surface area contributed by atoms with Crippen molar-refractivity contribution in [1.29, 1.82) is 0 Å². The average molecular weight is 354 g/mol. The maximum absolute atomic E-state index is 13.6. The fourth-order valence-corrected chi connectivity index (χ4v) is 2.11. The lowest BCUT2D eigenvalue weighted by atomic mass is 10.2. The molecule has 0 heterocycles. The maximum atomic E-state index is 13.6. The van der Waals surface area contributed by atoms with Crippen LogP contribution in [0.1, 0.15) is 15.9 Å². The molecule has 2 rings (SSSR count). The van der Waals surface area contributed by atoms with Gasteiger partial charge in [-0.2, -0.15) is 0 Å². The lowest BCUT2D eigenvalue weighted by molar-refractivity contribution is -0.384. The van der Waals surface area contributed by atoms with Gasteiger partial charge in [-0.05, 0) is 24.3 Å². The number of carbonyl (C=O) groups excluding carboxylic acids is 1. The smallest absolute Gasteiger partial charge is 0.270 e. The van der Waals surface area contributed by atoms with Crippen molar-refractivity contribution < 1.29 is 18.8 Å². The Bertz CT molecular complexity index is 705. The Hall–Kier alpha value is -2.28. The van der Waals surface area contributed by atoms with Crippen LogP contribution in [0.5, 0.6) is 5.75 Å². The highest BCUT2D eigenvalue weighted by Crippen LogP contribution is 2.25. The van der Waals surface area contributed by atoms with Crippen molar-refractivity contribution in [2.24, 2.45) is 0 Å². The number of ether oxygens (including phenoxy) is 1. The SMILES string of the molecule is O=Cc1ccc(OCc2ccc([N+](=O)[O-])cc2Br)c(F)c1. The second-order valence-corrected chi connectivity index (χ2v) is 4.98. The fraction of sp³-hybridized carbons (Fsp3) is 0.0714. The summed E-state index contributed by atoms with van der Waals surface area (Å²) in [6.45, 7) is 0.0376. The Morgan fingerprint density at radius 2 is 2.05 bits per heavy atom. The molecule has 108 valence electrons. The van der Waals surface area contributed by atoms with Crippen LogP contribution in [-0.2, 0) is 6.61 Å². The van der Waals surface area contributed by atoms with Crippen LogP contribution in [0.3, 0.4) is 0 Å². The highest BCUT2D eigenvalue weighted by atomic mass is 79.9. The lowest BCUT2D eigenvalue weighted by Crippen LogP contribution is -1.99. The molecule has 0 unspecified atom stereocenters. The molecule has 0 aliphatic carbocycles. The molecular weight excluding hydrogens is 345 g/mol. The number of rotatable bonds is 5. The van der Waals surface area contributed by atoms with E-state index in [0.717, 1.165) is 6.07 Å². The van der Waals surface area contributed by atoms with Gasteiger partial charge in [-0.1, -0.05) is 15.9 Å². The van der Waals surface area contributed by atoms with Crippen LogP contribution in [0, 0.1) is 15.9 Å². The number of non-ortho nitro benzene ring substituents is 1. The summed E-state index contributed by atoms with van der Waals surface area (Å²) in [4.78, 5) is 20.6. The molecule has 0 atom stereocenters. The molecule has 0 spiro atoms. The molecule has 0 N–H and O–H groups in total. The highest BCUT2D eigenvalue weighted by Gasteiger charge is 2.11. The molecule has 0 radical (unpaired) electrons. The van der Waals surface area contributed by atoms with E-state index in [9.17, 15) is 19.3 Å². The van der Waals surface area contributed by atoms with Crippen molar-refractivity contribution >= 4 is 27.9 Å². The number of nitro benzene ring substituents is 1. The summed E-state index contributed by atoms with van der Waals surface area (Å²) in [5.74, 6) is -0.636. The van der Waals surface area contributed by atoms with E-state index in [-0.39, 0.29) is 23.6 Å². The van der Waals surface area contributed by atoms with Crippen molar-refractivity contribution in [3.05, 3.63) is 67.9 Å². The third-order valence-corrected chi connectivity index (χ3v) is 3.46. The molecule has 0 aliphatic rings. The molecule has 0 saturated carbocycles. The van der Waals surface area contributed by atoms with Crippen LogP contribution >= 0.6 is 15.9 Å². The van der Waals surface area contributed by atoms with Gasteiger partial charge in [-0.25, -0.2) is 4.39 Å². The summed E-state index contributed by atoms with van der Waals surface area (Å²) in [5, 5.41) is 10.6. The first-order valence-corrected chi connectivity index (χ1v) is 6.61. The zero-order valence-corrected chi connectivity index (χ0v) is 12.2. The summed E-state index contributed by atoms with van der Waals surface area (Å²) in [6, 6.07) is 8.10. The summed E-state index contributed by atoms with van der Waals surface area (Å²) in [6.07, 6.45) is 0.541. The largest absolute Gasteiger partial charge is 0.486 e. The van der Waals surface area contributed by atoms with Crippen molar-refractivity contribution in [1.82, 2.24) is 0 Å². The van der Waals surface area contributed by atoms with Gasteiger partial charge in [0.1, 0.15) is 12.9 Å². The number of carbonyl (C=O) groups is 1. The second-order valence-electron chi connectivity index (χ2n) is 4.13. The predicted molar refractivity (Wildman–Crippen MR) is 76.9 cm³/mol. The monoisotopic (exact) mass is 353 g/mol. The molecule has 0 saturated heterocycles. The molecule has 0 fully saturated rings. The number of hydrogen-bond donors (Lipinski definition) is 0. The van der Waals surface area contributed by atoms with Crippen LogP contribution in [0.4, 0.5) is 10.1 Å². The first-order chi connectivity index (χ1) is 10.0. The molecule has 0 bridgehead atoms. The van der Waals surface area contributed by atoms with Crippen molar-refractivity contribution in [3.63, 3.8) is 0 Å². The molecule has 0 aromatic heterocycles. The van der Waals surface area contributed by atoms with E-state index in [1.807, 2.05) is 0 Å². The van der Waals surface area contributed by atoms with Gasteiger partial charge in [-0.15, -0.1) is 0 Å². The molecule has 7 heteroatoms. The molecule has 5 nitrogen and oxygen atoms in total. The minimum Gasteiger partial charge on any atom is -0.486 e. The topological polar surface area (TPSA) is 69.4 Å². The first kappa shape index (κ1) is 15.1. The minimum absolute atomic E-state index is 0.00542. The van der Waals surface area contributed by atoms with Crippen LogP contribution in [-0.4, -0.2) is 11.2 Å². The van der Waals surface area contributed by atoms with Gasteiger partial charge >= 0.3 is 0 Å². The molecule has 2 aromatic rings. The minimum atomic E-state index is -0.641. The van der Waals surface area contributed by atoms with Gasteiger partial charge in [-0.3, -0.25) is 14.9 Å². The summed E-state index contributed by atoms with van der Waals surface area (Å²) < 4.78 is 19.4. The summed E-state index contributed by atoms with van der Waals surface area (Å²) in [5.41, 5.74) is 0.808. The van der Waals surface area contributed by atoms with Crippen LogP contribution in [0.25, 0.3) is 0 Å². The number of nitrogens with zero attached hydrogens (tertiary/aromatic N) is 1. The van der Waals surface area contributed by atoms with Crippen LogP contribution in [0.2, 0.25) is 0 Å². The van der Waals surface area contributed by atoms with E-state index in [2.05, 4.69) is 15.9 Å². The Morgan fingerprint density at radius 3 is 2.62 bits per heavy atom. The summed E-state index contributed by atoms with van der Waals surface area (Å²) >= 11 is 3.21. The van der Waals surface area contributed by atoms with Gasteiger partial charge in [0.2, 0.25) is 0 Å². The molecule has 21 heavy (non-hydrogen) atoms. The number of hydrogen-bond acceptors (Lipinski definition) is 4. The van der Waals surface area contributed by atoms with E-state index in [4.69, 9.17) is 4.74 Å². The third-order valence-electron chi connectivity index (χ3n) is 2.72. The zero-order valence-electron chi connectivity index (χ0n) is 10.6. The predicted octanol–water partition coefficient (Wildman–Crippen LogP) is 3.89. The Labute approximate surface area is 127 Å². The number of halogens is 2. The molecular formula is C14H9BrFNO4. The van der Waals surface area contributed by atoms with E-state index in [0.29, 0.717) is 16.3 Å². The average Bonchev–Trinajstić information content (AvgIpc) is 2.46. The van der Waals surface area contributed by atoms with Crippen LogP contribution in [0.15, 0.2) is 40.9 Å². The number of aldehydes is 1. The Morgan fingerprint density at radius 1 is 1.29 bits per heavy atom. The molecule has 2 aromatic carbocycles. The Kier molecular flexibility index (Phi) is 4.64. The van der Waals surface area contributed by atoms with Crippen LogP contribution < -0.4 is 4.74 Å². The maximum Gasteiger partial charge on any atom is 0.270 e. The normalized spacial score (nSPS) is 10.2. The standard InChI is InChI=1S/C14H9BrFNO4/c15-12-6-11(17(19)20)3-2-10(12)8-21-14-4-1-9(7-18)5-13(14)16/h1-7H,8H2. The Balaban J connectivity index is 2.13. The van der Waals surface area contributed by atoms with Gasteiger partial charge in [0.25, 0.3) is 5.69 Å². The van der Waals surface area contributed by atoms with Gasteiger partial charge in [0, 0.05) is 27.7 Å². The van der Waals surface area contributed by atoms with Gasteiger partial charge in [0.15, 0.2) is 11.6 Å². The van der Waals surface area contributed by atoms with E-state index >= 15 is 0 Å². The van der Waals surface area contributed by atoms with Crippen molar-refractivity contribution in [2.75, 3.05) is 0 Å². The number of benzene rings is 2. The van der Waals surface area contributed by atoms with E-state index in [1.165, 1.54) is 30.3 Å². The zero-order chi connectivity index (χ0) is 15.4. The fourth-order valence-electron chi connectivity index (χ4n) is 1.63. The summed E-state index contributed by atoms with van der Waals surface area (Å²) in [7, 11) is 0.